The van der Waals surface area contributed by atoms with E-state index in [9.17, 15) is 14.0 Å². The number of nitrogens with one attached hydrogen (secondary N) is 1. The highest BCUT2D eigenvalue weighted by Gasteiger charge is 2.21. The van der Waals surface area contributed by atoms with Crippen molar-refractivity contribution in [3.8, 4) is 5.75 Å². The maximum atomic E-state index is 13.4. The molecule has 0 saturated heterocycles. The number of amides is 1. The lowest BCUT2D eigenvalue weighted by atomic mass is 9.95. The van der Waals surface area contributed by atoms with Gasteiger partial charge in [0, 0.05) is 16.7 Å². The van der Waals surface area contributed by atoms with Crippen LogP contribution in [0.25, 0.3) is 0 Å². The molecule has 2 aromatic rings. The number of anilines is 1. The van der Waals surface area contributed by atoms with E-state index in [4.69, 9.17) is 4.74 Å². The summed E-state index contributed by atoms with van der Waals surface area (Å²) >= 11 is 0. The smallest absolute Gasteiger partial charge is 0.229 e. The highest BCUT2D eigenvalue weighted by molar-refractivity contribution is 5.98. The number of benzene rings is 2. The number of halogens is 1. The maximum Gasteiger partial charge on any atom is 0.229 e. The molecule has 0 spiro atoms. The van der Waals surface area contributed by atoms with Crippen molar-refractivity contribution < 1.29 is 18.7 Å². The molecule has 0 heterocycles. The number of ether oxygens (including phenoxy) is 1. The molecular weight excluding hydrogens is 309 g/mol. The minimum atomic E-state index is -0.509. The minimum absolute atomic E-state index is 0.0416. The van der Waals surface area contributed by atoms with Gasteiger partial charge in [-0.2, -0.15) is 0 Å². The molecule has 0 aliphatic heterocycles. The highest BCUT2D eigenvalue weighted by atomic mass is 19.1. The zero-order valence-corrected chi connectivity index (χ0v) is 13.9. The van der Waals surface area contributed by atoms with Crippen molar-refractivity contribution in [1.82, 2.24) is 0 Å². The Morgan fingerprint density at radius 3 is 2.25 bits per heavy atom. The second-order valence-electron chi connectivity index (χ2n) is 6.42. The average Bonchev–Trinajstić information content (AvgIpc) is 2.53. The summed E-state index contributed by atoms with van der Waals surface area (Å²) in [5.41, 5.74) is 0.545. The SMILES string of the molecule is CC(C)(C)C(=O)Nc1ccc(C(=O)COc2ccccc2F)cc1. The summed E-state index contributed by atoms with van der Waals surface area (Å²) in [5.74, 6) is -0.845. The lowest BCUT2D eigenvalue weighted by Gasteiger charge is -2.17. The van der Waals surface area contributed by atoms with Gasteiger partial charge in [0.2, 0.25) is 5.91 Å². The largest absolute Gasteiger partial charge is 0.482 e. The number of hydrogen-bond acceptors (Lipinski definition) is 3. The van der Waals surface area contributed by atoms with E-state index in [1.807, 2.05) is 20.8 Å². The lowest BCUT2D eigenvalue weighted by Crippen LogP contribution is -2.27. The molecule has 24 heavy (non-hydrogen) atoms. The fourth-order valence-corrected chi connectivity index (χ4v) is 1.85. The van der Waals surface area contributed by atoms with E-state index in [1.54, 1.807) is 36.4 Å². The monoisotopic (exact) mass is 329 g/mol. The third-order valence-electron chi connectivity index (χ3n) is 3.34. The van der Waals surface area contributed by atoms with E-state index in [1.165, 1.54) is 12.1 Å². The summed E-state index contributed by atoms with van der Waals surface area (Å²) in [7, 11) is 0. The zero-order valence-electron chi connectivity index (χ0n) is 13.9. The van der Waals surface area contributed by atoms with Crippen LogP contribution >= 0.6 is 0 Å². The van der Waals surface area contributed by atoms with Crippen molar-refractivity contribution in [3.63, 3.8) is 0 Å². The molecule has 126 valence electrons. The quantitative estimate of drug-likeness (QED) is 0.841. The fraction of sp³-hybridized carbons (Fsp3) is 0.263. The molecule has 5 heteroatoms. The summed E-state index contributed by atoms with van der Waals surface area (Å²) in [6.45, 7) is 5.20. The second kappa shape index (κ2) is 7.25. The molecule has 2 aromatic carbocycles. The van der Waals surface area contributed by atoms with E-state index in [2.05, 4.69) is 5.32 Å². The van der Waals surface area contributed by atoms with Gasteiger partial charge in [0.15, 0.2) is 24.0 Å². The van der Waals surface area contributed by atoms with Gasteiger partial charge in [0.25, 0.3) is 0 Å². The highest BCUT2D eigenvalue weighted by Crippen LogP contribution is 2.19. The van der Waals surface area contributed by atoms with Crippen LogP contribution in [0.2, 0.25) is 0 Å². The van der Waals surface area contributed by atoms with E-state index in [0.717, 1.165) is 0 Å². The molecule has 0 saturated carbocycles. The molecule has 4 nitrogen and oxygen atoms in total. The van der Waals surface area contributed by atoms with Gasteiger partial charge in [0.1, 0.15) is 0 Å². The first-order chi connectivity index (χ1) is 11.3. The van der Waals surface area contributed by atoms with Gasteiger partial charge in [0.05, 0.1) is 0 Å². The number of carbonyl (C=O) groups excluding carboxylic acids is 2. The van der Waals surface area contributed by atoms with Crippen molar-refractivity contribution in [2.45, 2.75) is 20.8 Å². The molecule has 1 amide bonds. The average molecular weight is 329 g/mol. The Hall–Kier alpha value is -2.69. The Kier molecular flexibility index (Phi) is 5.34. The Balaban J connectivity index is 1.96. The normalized spacial score (nSPS) is 11.0. The van der Waals surface area contributed by atoms with Crippen LogP contribution in [-0.4, -0.2) is 18.3 Å². The predicted molar refractivity (Wildman–Crippen MR) is 90.8 cm³/mol. The minimum Gasteiger partial charge on any atom is -0.482 e. The molecule has 0 radical (unpaired) electrons. The van der Waals surface area contributed by atoms with Crippen LogP contribution in [0.5, 0.6) is 5.75 Å². The number of para-hydroxylation sites is 1. The molecule has 0 aliphatic carbocycles. The van der Waals surface area contributed by atoms with Gasteiger partial charge in [-0.1, -0.05) is 32.9 Å². The number of carbonyl (C=O) groups is 2. The molecule has 2 rings (SSSR count). The Morgan fingerprint density at radius 1 is 1.04 bits per heavy atom. The molecule has 0 fully saturated rings. The summed E-state index contributed by atoms with van der Waals surface area (Å²) < 4.78 is 18.6. The first kappa shape index (κ1) is 17.7. The second-order valence-corrected chi connectivity index (χ2v) is 6.42. The predicted octanol–water partition coefficient (Wildman–Crippen LogP) is 4.07. The maximum absolute atomic E-state index is 13.4. The number of ketones is 1. The fourth-order valence-electron chi connectivity index (χ4n) is 1.85. The molecule has 0 aliphatic rings. The molecule has 0 bridgehead atoms. The molecule has 0 aromatic heterocycles. The summed E-state index contributed by atoms with van der Waals surface area (Å²) in [4.78, 5) is 24.0. The van der Waals surface area contributed by atoms with Gasteiger partial charge < -0.3 is 10.1 Å². The molecular formula is C19H20FNO3. The van der Waals surface area contributed by atoms with Crippen LogP contribution in [0.1, 0.15) is 31.1 Å². The van der Waals surface area contributed by atoms with Crippen molar-refractivity contribution in [1.29, 1.82) is 0 Å². The Labute approximate surface area is 140 Å². The van der Waals surface area contributed by atoms with Crippen LogP contribution in [0, 0.1) is 11.2 Å². The first-order valence-corrected chi connectivity index (χ1v) is 7.59. The number of rotatable bonds is 5. The van der Waals surface area contributed by atoms with Gasteiger partial charge in [-0.3, -0.25) is 9.59 Å². The standard InChI is InChI=1S/C19H20FNO3/c1-19(2,3)18(23)21-14-10-8-13(9-11-14)16(22)12-24-17-7-5-4-6-15(17)20/h4-11H,12H2,1-3H3,(H,21,23). The number of hydrogen-bond donors (Lipinski definition) is 1. The van der Waals surface area contributed by atoms with Crippen LogP contribution in [0.15, 0.2) is 48.5 Å². The van der Waals surface area contributed by atoms with E-state index in [-0.39, 0.29) is 24.0 Å². The summed E-state index contributed by atoms with van der Waals surface area (Å²) in [5, 5.41) is 2.78. The van der Waals surface area contributed by atoms with Gasteiger partial charge in [-0.15, -0.1) is 0 Å². The van der Waals surface area contributed by atoms with E-state index >= 15 is 0 Å². The van der Waals surface area contributed by atoms with Crippen molar-refractivity contribution in [3.05, 3.63) is 59.9 Å². The number of Topliss-reactive ketones (excluding diaryl/α,β-unsaturated/α-hetero) is 1. The molecule has 0 unspecified atom stereocenters. The van der Waals surface area contributed by atoms with Crippen LogP contribution in [0.3, 0.4) is 0 Å². The lowest BCUT2D eigenvalue weighted by molar-refractivity contribution is -0.123. The van der Waals surface area contributed by atoms with Crippen molar-refractivity contribution >= 4 is 17.4 Å². The zero-order chi connectivity index (χ0) is 17.7. The van der Waals surface area contributed by atoms with E-state index < -0.39 is 11.2 Å². The van der Waals surface area contributed by atoms with Gasteiger partial charge in [-0.25, -0.2) is 4.39 Å². The summed E-state index contributed by atoms with van der Waals surface area (Å²) in [6.07, 6.45) is 0. The van der Waals surface area contributed by atoms with E-state index in [0.29, 0.717) is 11.3 Å². The molecule has 0 atom stereocenters. The van der Waals surface area contributed by atoms with Crippen LogP contribution < -0.4 is 10.1 Å². The van der Waals surface area contributed by atoms with Crippen LogP contribution in [0.4, 0.5) is 10.1 Å². The molecule has 1 N–H and O–H groups in total. The summed E-state index contributed by atoms with van der Waals surface area (Å²) in [6, 6.07) is 12.4. The van der Waals surface area contributed by atoms with Gasteiger partial charge in [-0.05, 0) is 36.4 Å². The Bertz CT molecular complexity index is 733. The Morgan fingerprint density at radius 2 is 1.67 bits per heavy atom. The third kappa shape index (κ3) is 4.65. The third-order valence-corrected chi connectivity index (χ3v) is 3.34. The van der Waals surface area contributed by atoms with Crippen LogP contribution in [-0.2, 0) is 4.79 Å². The van der Waals surface area contributed by atoms with Gasteiger partial charge >= 0.3 is 0 Å². The first-order valence-electron chi connectivity index (χ1n) is 7.59. The topological polar surface area (TPSA) is 55.4 Å². The van der Waals surface area contributed by atoms with Crippen molar-refractivity contribution in [2.24, 2.45) is 5.41 Å². The van der Waals surface area contributed by atoms with Crippen molar-refractivity contribution in [2.75, 3.05) is 11.9 Å².